The number of likely N-dealkylation sites (tertiary alicyclic amines) is 2. The average molecular weight is 421 g/mol. The van der Waals surface area contributed by atoms with Crippen molar-refractivity contribution < 1.29 is 9.59 Å². The monoisotopic (exact) mass is 420 g/mol. The molecule has 0 spiro atoms. The van der Waals surface area contributed by atoms with Gasteiger partial charge in [-0.3, -0.25) is 9.69 Å². The lowest BCUT2D eigenvalue weighted by atomic mass is 10.0. The zero-order chi connectivity index (χ0) is 19.8. The predicted octanol–water partition coefficient (Wildman–Crippen LogP) is 3.81. The molecule has 2 fully saturated rings. The maximum Gasteiger partial charge on any atom is 0.344 e. The number of halogens is 2. The third-order valence-electron chi connectivity index (χ3n) is 5.63. The van der Waals surface area contributed by atoms with Crippen molar-refractivity contribution in [3.63, 3.8) is 0 Å². The molecule has 28 heavy (non-hydrogen) atoms. The van der Waals surface area contributed by atoms with Crippen LogP contribution in [0.2, 0.25) is 10.0 Å². The van der Waals surface area contributed by atoms with Crippen molar-refractivity contribution in [1.29, 1.82) is 0 Å². The van der Waals surface area contributed by atoms with Crippen LogP contribution >= 0.6 is 23.2 Å². The van der Waals surface area contributed by atoms with E-state index >= 15 is 0 Å². The Labute approximate surface area is 174 Å². The standard InChI is InChI=1S/C20H22Cl2N4O2/c1-2-19(27)18-5-6-26(23-18)20(28)25-11-14-9-24(10-15(14)12-25)8-13-7-16(21)3-4-17(13)22/h3-7,14-15H,2,8-12H2,1H3. The molecule has 6 nitrogen and oxygen atoms in total. The third kappa shape index (κ3) is 3.81. The van der Waals surface area contributed by atoms with E-state index in [1.807, 2.05) is 17.0 Å². The van der Waals surface area contributed by atoms with Gasteiger partial charge in [0.2, 0.25) is 0 Å². The van der Waals surface area contributed by atoms with Gasteiger partial charge in [-0.15, -0.1) is 0 Å². The van der Waals surface area contributed by atoms with Crippen molar-refractivity contribution in [3.8, 4) is 0 Å². The van der Waals surface area contributed by atoms with Gasteiger partial charge in [-0.2, -0.15) is 9.78 Å². The van der Waals surface area contributed by atoms with E-state index in [9.17, 15) is 9.59 Å². The molecule has 2 atom stereocenters. The van der Waals surface area contributed by atoms with Crippen molar-refractivity contribution in [2.24, 2.45) is 11.8 Å². The number of carbonyl (C=O) groups is 2. The Morgan fingerprint density at radius 2 is 1.82 bits per heavy atom. The first-order chi connectivity index (χ1) is 13.4. The first-order valence-electron chi connectivity index (χ1n) is 9.49. The van der Waals surface area contributed by atoms with Gasteiger partial charge in [0.05, 0.1) is 0 Å². The van der Waals surface area contributed by atoms with Crippen LogP contribution in [0.25, 0.3) is 0 Å². The first kappa shape index (κ1) is 19.4. The molecule has 148 valence electrons. The van der Waals surface area contributed by atoms with E-state index in [1.54, 1.807) is 25.3 Å². The van der Waals surface area contributed by atoms with Crippen LogP contribution in [-0.2, 0) is 6.54 Å². The van der Waals surface area contributed by atoms with E-state index in [0.29, 0.717) is 42.1 Å². The molecule has 0 bridgehead atoms. The molecule has 2 saturated heterocycles. The summed E-state index contributed by atoms with van der Waals surface area (Å²) in [5.74, 6) is 0.823. The summed E-state index contributed by atoms with van der Waals surface area (Å²) in [7, 11) is 0. The van der Waals surface area contributed by atoms with Gasteiger partial charge in [0.25, 0.3) is 0 Å². The summed E-state index contributed by atoms with van der Waals surface area (Å²) >= 11 is 12.4. The summed E-state index contributed by atoms with van der Waals surface area (Å²) in [6.45, 7) is 5.82. The van der Waals surface area contributed by atoms with Crippen molar-refractivity contribution in [2.75, 3.05) is 26.2 Å². The van der Waals surface area contributed by atoms with Crippen molar-refractivity contribution in [1.82, 2.24) is 19.6 Å². The number of fused-ring (bicyclic) bond motifs is 1. The minimum Gasteiger partial charge on any atom is -0.322 e. The Hall–Kier alpha value is -1.89. The van der Waals surface area contributed by atoms with Gasteiger partial charge in [-0.05, 0) is 41.7 Å². The van der Waals surface area contributed by atoms with E-state index in [0.717, 1.165) is 30.2 Å². The summed E-state index contributed by atoms with van der Waals surface area (Å²) in [6, 6.07) is 6.99. The van der Waals surface area contributed by atoms with Gasteiger partial charge in [0, 0.05) is 55.4 Å². The fraction of sp³-hybridized carbons (Fsp3) is 0.450. The fourth-order valence-electron chi connectivity index (χ4n) is 4.19. The molecule has 0 N–H and O–H groups in total. The maximum atomic E-state index is 12.7. The van der Waals surface area contributed by atoms with Gasteiger partial charge in [0.15, 0.2) is 5.78 Å². The maximum absolute atomic E-state index is 12.7. The van der Waals surface area contributed by atoms with Crippen molar-refractivity contribution in [3.05, 3.63) is 51.8 Å². The highest BCUT2D eigenvalue weighted by molar-refractivity contribution is 6.33. The van der Waals surface area contributed by atoms with Gasteiger partial charge in [-0.1, -0.05) is 30.1 Å². The van der Waals surface area contributed by atoms with Gasteiger partial charge >= 0.3 is 6.03 Å². The Morgan fingerprint density at radius 1 is 1.11 bits per heavy atom. The summed E-state index contributed by atoms with van der Waals surface area (Å²) < 4.78 is 1.29. The van der Waals surface area contributed by atoms with Crippen LogP contribution in [0.5, 0.6) is 0 Å². The Kier molecular flexibility index (Phi) is 5.45. The third-order valence-corrected chi connectivity index (χ3v) is 6.23. The highest BCUT2D eigenvalue weighted by Crippen LogP contribution is 2.33. The fourth-order valence-corrected chi connectivity index (χ4v) is 4.56. The second-order valence-electron chi connectivity index (χ2n) is 7.56. The molecule has 2 aliphatic rings. The molecule has 4 rings (SSSR count). The quantitative estimate of drug-likeness (QED) is 0.705. The number of amides is 1. The normalized spacial score (nSPS) is 21.9. The molecule has 2 unspecified atom stereocenters. The molecule has 1 aromatic heterocycles. The zero-order valence-electron chi connectivity index (χ0n) is 15.6. The predicted molar refractivity (Wildman–Crippen MR) is 108 cm³/mol. The molecule has 1 aromatic carbocycles. The highest BCUT2D eigenvalue weighted by atomic mass is 35.5. The smallest absolute Gasteiger partial charge is 0.322 e. The lowest BCUT2D eigenvalue weighted by Gasteiger charge is -2.21. The van der Waals surface area contributed by atoms with Crippen LogP contribution in [-0.4, -0.2) is 57.6 Å². The lowest BCUT2D eigenvalue weighted by Crippen LogP contribution is -2.36. The first-order valence-corrected chi connectivity index (χ1v) is 10.2. The largest absolute Gasteiger partial charge is 0.344 e. The minimum absolute atomic E-state index is 0.0554. The van der Waals surface area contributed by atoms with Crippen molar-refractivity contribution >= 4 is 35.0 Å². The highest BCUT2D eigenvalue weighted by Gasteiger charge is 2.42. The number of ketones is 1. The summed E-state index contributed by atoms with van der Waals surface area (Å²) in [5, 5.41) is 5.57. The Bertz CT molecular complexity index is 899. The van der Waals surface area contributed by atoms with Crippen LogP contribution in [0.3, 0.4) is 0 Å². The number of rotatable bonds is 4. The lowest BCUT2D eigenvalue weighted by molar-refractivity contribution is 0.0983. The average Bonchev–Trinajstić information content (AvgIpc) is 3.38. The molecular weight excluding hydrogens is 399 g/mol. The molecule has 3 heterocycles. The van der Waals surface area contributed by atoms with Crippen LogP contribution in [0.15, 0.2) is 30.5 Å². The summed E-state index contributed by atoms with van der Waals surface area (Å²) in [6.07, 6.45) is 1.96. The molecule has 2 aromatic rings. The summed E-state index contributed by atoms with van der Waals surface area (Å²) in [5.41, 5.74) is 1.38. The van der Waals surface area contributed by atoms with Crippen LogP contribution in [0, 0.1) is 11.8 Å². The number of Topliss-reactive ketones (excluding diaryl/α,β-unsaturated/α-hetero) is 1. The SMILES string of the molecule is CCC(=O)c1ccn(C(=O)N2CC3CN(Cc4cc(Cl)ccc4Cl)CC3C2)n1. The summed E-state index contributed by atoms with van der Waals surface area (Å²) in [4.78, 5) is 28.7. The number of nitrogens with zero attached hydrogens (tertiary/aromatic N) is 4. The second kappa shape index (κ2) is 7.85. The number of hydrogen-bond acceptors (Lipinski definition) is 4. The van der Waals surface area contributed by atoms with E-state index in [-0.39, 0.29) is 11.8 Å². The van der Waals surface area contributed by atoms with Crippen molar-refractivity contribution in [2.45, 2.75) is 19.9 Å². The van der Waals surface area contributed by atoms with Gasteiger partial charge in [0.1, 0.15) is 5.69 Å². The Morgan fingerprint density at radius 3 is 2.50 bits per heavy atom. The van der Waals surface area contributed by atoms with E-state index in [4.69, 9.17) is 23.2 Å². The van der Waals surface area contributed by atoms with Crippen LogP contribution in [0.4, 0.5) is 4.79 Å². The van der Waals surface area contributed by atoms with Gasteiger partial charge in [-0.25, -0.2) is 4.79 Å². The van der Waals surface area contributed by atoms with E-state index < -0.39 is 0 Å². The zero-order valence-corrected chi connectivity index (χ0v) is 17.2. The molecule has 2 aliphatic heterocycles. The van der Waals surface area contributed by atoms with Crippen LogP contribution in [0.1, 0.15) is 29.4 Å². The van der Waals surface area contributed by atoms with Crippen LogP contribution < -0.4 is 0 Å². The molecule has 0 saturated carbocycles. The van der Waals surface area contributed by atoms with E-state index in [1.165, 1.54) is 4.68 Å². The number of benzene rings is 1. The molecule has 1 amide bonds. The number of carbonyl (C=O) groups excluding carboxylic acids is 2. The van der Waals surface area contributed by atoms with Gasteiger partial charge < -0.3 is 4.90 Å². The molecule has 0 aliphatic carbocycles. The Balaban J connectivity index is 1.36. The minimum atomic E-state index is -0.158. The van der Waals surface area contributed by atoms with E-state index in [2.05, 4.69) is 10.00 Å². The molecule has 8 heteroatoms. The molecular formula is C20H22Cl2N4O2. The number of hydrogen-bond donors (Lipinski definition) is 0. The topological polar surface area (TPSA) is 58.4 Å². The number of aromatic nitrogens is 2. The molecule has 0 radical (unpaired) electrons. The second-order valence-corrected chi connectivity index (χ2v) is 8.40.